The second-order valence-electron chi connectivity index (χ2n) is 7.15. The Bertz CT molecular complexity index is 492. The van der Waals surface area contributed by atoms with Crippen molar-refractivity contribution in [2.45, 2.75) is 64.1 Å². The summed E-state index contributed by atoms with van der Waals surface area (Å²) in [5, 5.41) is 10.2. The van der Waals surface area contributed by atoms with Crippen LogP contribution < -0.4 is 0 Å². The highest BCUT2D eigenvalue weighted by Crippen LogP contribution is 2.51. The number of aliphatic hydroxyl groups is 1. The normalized spacial score (nSPS) is 33.3. The van der Waals surface area contributed by atoms with Gasteiger partial charge in [-0.25, -0.2) is 0 Å². The summed E-state index contributed by atoms with van der Waals surface area (Å²) < 4.78 is 34.8. The van der Waals surface area contributed by atoms with Crippen molar-refractivity contribution in [3.8, 4) is 0 Å². The summed E-state index contributed by atoms with van der Waals surface area (Å²) in [6.45, 7) is 4.91. The quantitative estimate of drug-likeness (QED) is 0.834. The third-order valence-corrected chi connectivity index (χ3v) is 8.02. The first kappa shape index (κ1) is 17.6. The molecule has 2 atom stereocenters. The lowest BCUT2D eigenvalue weighted by Crippen LogP contribution is -2.63. The van der Waals surface area contributed by atoms with Gasteiger partial charge in [-0.05, 0) is 32.6 Å². The summed E-state index contributed by atoms with van der Waals surface area (Å²) >= 11 is 0. The molecule has 6 nitrogen and oxygen atoms in total. The van der Waals surface area contributed by atoms with Gasteiger partial charge in [-0.15, -0.1) is 0 Å². The van der Waals surface area contributed by atoms with E-state index in [1.54, 1.807) is 8.61 Å². The van der Waals surface area contributed by atoms with Crippen molar-refractivity contribution in [3.05, 3.63) is 0 Å². The summed E-state index contributed by atoms with van der Waals surface area (Å²) in [7, 11) is -3.35. The fourth-order valence-electron chi connectivity index (χ4n) is 4.39. The zero-order chi connectivity index (χ0) is 16.5. The molecule has 0 aromatic heterocycles. The Labute approximate surface area is 140 Å². The second kappa shape index (κ2) is 6.96. The molecule has 0 unspecified atom stereocenters. The van der Waals surface area contributed by atoms with Crippen LogP contribution in [0.2, 0.25) is 0 Å². The lowest BCUT2D eigenvalue weighted by Gasteiger charge is -2.56. The predicted molar refractivity (Wildman–Crippen MR) is 88.2 cm³/mol. The Morgan fingerprint density at radius 3 is 2.13 bits per heavy atom. The maximum absolute atomic E-state index is 12.9. The number of aliphatic hydroxyl groups excluding tert-OH is 1. The zero-order valence-corrected chi connectivity index (χ0v) is 14.9. The van der Waals surface area contributed by atoms with Crippen molar-refractivity contribution in [2.75, 3.05) is 32.8 Å². The molecule has 0 bridgehead atoms. The average molecular weight is 346 g/mol. The molecule has 2 heterocycles. The maximum atomic E-state index is 12.9. The maximum Gasteiger partial charge on any atom is 0.281 e. The van der Waals surface area contributed by atoms with Gasteiger partial charge in [-0.1, -0.05) is 12.8 Å². The van der Waals surface area contributed by atoms with E-state index >= 15 is 0 Å². The van der Waals surface area contributed by atoms with Gasteiger partial charge < -0.3 is 9.84 Å². The fraction of sp³-hybridized carbons (Fsp3) is 1.00. The molecule has 3 aliphatic rings. The van der Waals surface area contributed by atoms with Crippen LogP contribution in [0.25, 0.3) is 0 Å². The van der Waals surface area contributed by atoms with Crippen molar-refractivity contribution in [2.24, 2.45) is 5.41 Å². The van der Waals surface area contributed by atoms with Crippen LogP contribution in [0.1, 0.15) is 51.9 Å². The molecule has 1 N–H and O–H groups in total. The first-order valence-corrected chi connectivity index (χ1v) is 10.5. The van der Waals surface area contributed by atoms with Gasteiger partial charge in [0.2, 0.25) is 0 Å². The van der Waals surface area contributed by atoms with Crippen molar-refractivity contribution in [1.82, 2.24) is 8.61 Å². The van der Waals surface area contributed by atoms with Crippen LogP contribution in [-0.4, -0.2) is 67.1 Å². The van der Waals surface area contributed by atoms with Gasteiger partial charge in [-0.3, -0.25) is 0 Å². The van der Waals surface area contributed by atoms with Crippen molar-refractivity contribution >= 4 is 10.2 Å². The van der Waals surface area contributed by atoms with E-state index < -0.39 is 10.2 Å². The van der Waals surface area contributed by atoms with Crippen LogP contribution >= 0.6 is 0 Å². The van der Waals surface area contributed by atoms with E-state index in [4.69, 9.17) is 4.74 Å². The molecule has 7 heteroatoms. The van der Waals surface area contributed by atoms with Gasteiger partial charge in [0.15, 0.2) is 0 Å². The topological polar surface area (TPSA) is 70.1 Å². The van der Waals surface area contributed by atoms with Gasteiger partial charge >= 0.3 is 0 Å². The minimum absolute atomic E-state index is 0.0885. The van der Waals surface area contributed by atoms with Crippen LogP contribution in [0.4, 0.5) is 0 Å². The molecule has 0 radical (unpaired) electrons. The molecular formula is C16H30N2O4S. The van der Waals surface area contributed by atoms with Crippen LogP contribution in [-0.2, 0) is 14.9 Å². The van der Waals surface area contributed by atoms with Crippen LogP contribution in [0.15, 0.2) is 0 Å². The van der Waals surface area contributed by atoms with E-state index in [-0.39, 0.29) is 17.6 Å². The van der Waals surface area contributed by atoms with Crippen molar-refractivity contribution in [3.63, 3.8) is 0 Å². The van der Waals surface area contributed by atoms with Crippen molar-refractivity contribution in [1.29, 1.82) is 0 Å². The van der Waals surface area contributed by atoms with Gasteiger partial charge in [0.1, 0.15) is 0 Å². The van der Waals surface area contributed by atoms with Gasteiger partial charge in [0.25, 0.3) is 10.2 Å². The average Bonchev–Trinajstić information content (AvgIpc) is 2.84. The molecule has 3 fully saturated rings. The van der Waals surface area contributed by atoms with Crippen LogP contribution in [0, 0.1) is 5.41 Å². The van der Waals surface area contributed by atoms with E-state index in [0.29, 0.717) is 52.0 Å². The highest BCUT2D eigenvalue weighted by atomic mass is 32.2. The first-order chi connectivity index (χ1) is 11.0. The predicted octanol–water partition coefficient (Wildman–Crippen LogP) is 1.36. The van der Waals surface area contributed by atoms with E-state index in [1.165, 1.54) is 0 Å². The number of piperidine rings is 1. The highest BCUT2D eigenvalue weighted by Gasteiger charge is 2.57. The van der Waals surface area contributed by atoms with Gasteiger partial charge in [-0.2, -0.15) is 17.0 Å². The smallest absolute Gasteiger partial charge is 0.281 e. The third kappa shape index (κ3) is 3.18. The standard InChI is InChI=1S/C16H30N2O4S/c1-2-22-15-13-14(19)16(15)7-11-18(12-8-16)23(20,21)17-9-5-3-4-6-10-17/h14-15,19H,2-13H2,1H3/t14-,15+/m0/s1. The molecular weight excluding hydrogens is 316 g/mol. The molecule has 134 valence electrons. The third-order valence-electron chi connectivity index (χ3n) is 5.98. The minimum Gasteiger partial charge on any atom is -0.392 e. The molecule has 2 aliphatic heterocycles. The SMILES string of the molecule is CCO[C@@H]1C[C@H](O)C12CCN(S(=O)(=O)N1CCCCCC1)CC2. The van der Waals surface area contributed by atoms with Gasteiger partial charge in [0, 0.05) is 44.6 Å². The molecule has 1 saturated carbocycles. The molecule has 0 amide bonds. The highest BCUT2D eigenvalue weighted by molar-refractivity contribution is 7.86. The monoisotopic (exact) mass is 346 g/mol. The molecule has 3 rings (SSSR count). The summed E-state index contributed by atoms with van der Waals surface area (Å²) in [6, 6.07) is 0. The molecule has 0 aromatic carbocycles. The molecule has 2 saturated heterocycles. The van der Waals surface area contributed by atoms with Crippen LogP contribution in [0.3, 0.4) is 0 Å². The summed E-state index contributed by atoms with van der Waals surface area (Å²) in [4.78, 5) is 0. The Kier molecular flexibility index (Phi) is 5.33. The number of ether oxygens (including phenoxy) is 1. The Hall–Kier alpha value is -0.210. The number of rotatable bonds is 4. The largest absolute Gasteiger partial charge is 0.392 e. The lowest BCUT2D eigenvalue weighted by atomic mass is 9.58. The molecule has 1 aliphatic carbocycles. The van der Waals surface area contributed by atoms with E-state index in [1.807, 2.05) is 6.92 Å². The second-order valence-corrected chi connectivity index (χ2v) is 9.08. The lowest BCUT2D eigenvalue weighted by molar-refractivity contribution is -0.206. The van der Waals surface area contributed by atoms with E-state index in [0.717, 1.165) is 25.7 Å². The summed E-state index contributed by atoms with van der Waals surface area (Å²) in [5.74, 6) is 0. The molecule has 0 aromatic rings. The number of hydrogen-bond acceptors (Lipinski definition) is 4. The summed E-state index contributed by atoms with van der Waals surface area (Å²) in [6.07, 6.45) is 6.00. The van der Waals surface area contributed by atoms with Crippen molar-refractivity contribution < 1.29 is 18.3 Å². The number of nitrogens with zero attached hydrogens (tertiary/aromatic N) is 2. The Balaban J connectivity index is 1.64. The molecule has 1 spiro atoms. The van der Waals surface area contributed by atoms with Gasteiger partial charge in [0.05, 0.1) is 12.2 Å². The number of hydrogen-bond donors (Lipinski definition) is 1. The zero-order valence-electron chi connectivity index (χ0n) is 14.1. The Morgan fingerprint density at radius 2 is 1.61 bits per heavy atom. The minimum atomic E-state index is -3.35. The fourth-order valence-corrected chi connectivity index (χ4v) is 6.08. The molecule has 23 heavy (non-hydrogen) atoms. The first-order valence-electron chi connectivity index (χ1n) is 9.05. The summed E-state index contributed by atoms with van der Waals surface area (Å²) in [5.41, 5.74) is -0.221. The van der Waals surface area contributed by atoms with E-state index in [9.17, 15) is 13.5 Å². The van der Waals surface area contributed by atoms with Crippen LogP contribution in [0.5, 0.6) is 0 Å². The Morgan fingerprint density at radius 1 is 1.04 bits per heavy atom. The van der Waals surface area contributed by atoms with E-state index in [2.05, 4.69) is 0 Å².